The zero-order valence-corrected chi connectivity index (χ0v) is 16.9. The van der Waals surface area contributed by atoms with E-state index in [1.54, 1.807) is 17.8 Å². The Labute approximate surface area is 157 Å². The number of aryl methyl sites for hydroxylation is 1. The van der Waals surface area contributed by atoms with E-state index in [1.165, 1.54) is 10.4 Å². The molecule has 3 rings (SSSR count). The van der Waals surface area contributed by atoms with E-state index in [4.69, 9.17) is 0 Å². The third-order valence-corrected chi connectivity index (χ3v) is 7.82. The molecule has 146 valence electrons. The molecule has 1 N–H and O–H groups in total. The molecule has 1 aromatic rings. The Hall–Kier alpha value is -1.34. The van der Waals surface area contributed by atoms with E-state index in [0.717, 1.165) is 44.9 Å². The van der Waals surface area contributed by atoms with Crippen molar-refractivity contribution in [1.82, 2.24) is 14.2 Å². The first kappa shape index (κ1) is 19.4. The van der Waals surface area contributed by atoms with E-state index in [1.807, 2.05) is 0 Å². The van der Waals surface area contributed by atoms with Gasteiger partial charge in [-0.05, 0) is 57.4 Å². The fraction of sp³-hybridized carbons (Fsp3) is 0.737. The van der Waals surface area contributed by atoms with E-state index in [0.29, 0.717) is 24.7 Å². The molecule has 1 amide bonds. The number of nitrogens with one attached hydrogen (secondary N) is 1. The number of nitrogens with zero attached hydrogens (tertiary/aromatic N) is 2. The van der Waals surface area contributed by atoms with Gasteiger partial charge in [0.15, 0.2) is 0 Å². The van der Waals surface area contributed by atoms with Crippen LogP contribution in [0.25, 0.3) is 0 Å². The average molecular weight is 382 g/mol. The van der Waals surface area contributed by atoms with Crippen molar-refractivity contribution >= 4 is 15.9 Å². The van der Waals surface area contributed by atoms with Gasteiger partial charge in [0, 0.05) is 31.9 Å². The second-order valence-corrected chi connectivity index (χ2v) is 10.3. The highest BCUT2D eigenvalue weighted by molar-refractivity contribution is 7.89. The Balaban J connectivity index is 1.76. The van der Waals surface area contributed by atoms with Crippen molar-refractivity contribution in [2.45, 2.75) is 69.2 Å². The van der Waals surface area contributed by atoms with Crippen LogP contribution in [-0.4, -0.2) is 41.8 Å². The lowest BCUT2D eigenvalue weighted by Gasteiger charge is -2.37. The quantitative estimate of drug-likeness (QED) is 0.872. The molecule has 1 saturated heterocycles. The van der Waals surface area contributed by atoms with Gasteiger partial charge in [-0.1, -0.05) is 13.3 Å². The standard InChI is InChI=1S/C19H31N3O3S/c1-15-7-9-19(2,10-8-15)20-18(23)17-13-16(14-21(17)3)26(24,25)22-11-5-4-6-12-22/h13-15H,4-12H2,1-3H3,(H,20,23). The molecule has 1 aliphatic heterocycles. The summed E-state index contributed by atoms with van der Waals surface area (Å²) in [5, 5.41) is 3.15. The van der Waals surface area contributed by atoms with Crippen molar-refractivity contribution in [1.29, 1.82) is 0 Å². The van der Waals surface area contributed by atoms with Gasteiger partial charge in [0.25, 0.3) is 5.91 Å². The first-order valence-corrected chi connectivity index (χ1v) is 11.1. The van der Waals surface area contributed by atoms with Crippen LogP contribution in [-0.2, 0) is 17.1 Å². The van der Waals surface area contributed by atoms with Gasteiger partial charge in [0.2, 0.25) is 10.0 Å². The molecule has 0 bridgehead atoms. The first-order valence-electron chi connectivity index (χ1n) is 9.70. The van der Waals surface area contributed by atoms with Gasteiger partial charge in [0.1, 0.15) is 10.6 Å². The smallest absolute Gasteiger partial charge is 0.268 e. The molecule has 7 heteroatoms. The van der Waals surface area contributed by atoms with Crippen LogP contribution in [0.5, 0.6) is 0 Å². The zero-order chi connectivity index (χ0) is 18.9. The lowest BCUT2D eigenvalue weighted by atomic mass is 9.78. The maximum atomic E-state index is 12.8. The maximum Gasteiger partial charge on any atom is 0.268 e. The molecule has 2 aliphatic rings. The summed E-state index contributed by atoms with van der Waals surface area (Å²) in [7, 11) is -1.79. The Morgan fingerprint density at radius 1 is 1.19 bits per heavy atom. The Morgan fingerprint density at radius 2 is 1.81 bits per heavy atom. The minimum absolute atomic E-state index is 0.190. The normalized spacial score (nSPS) is 28.0. The predicted octanol–water partition coefficient (Wildman–Crippen LogP) is 2.90. The Kier molecular flexibility index (Phi) is 5.49. The highest BCUT2D eigenvalue weighted by Crippen LogP contribution is 2.32. The Morgan fingerprint density at radius 3 is 2.42 bits per heavy atom. The van der Waals surface area contributed by atoms with Gasteiger partial charge in [-0.3, -0.25) is 4.79 Å². The zero-order valence-electron chi connectivity index (χ0n) is 16.1. The number of rotatable bonds is 4. The van der Waals surface area contributed by atoms with Gasteiger partial charge in [-0.2, -0.15) is 4.31 Å². The average Bonchev–Trinajstić information content (AvgIpc) is 3.01. The fourth-order valence-electron chi connectivity index (χ4n) is 4.02. The molecule has 0 unspecified atom stereocenters. The number of carbonyl (C=O) groups is 1. The van der Waals surface area contributed by atoms with E-state index >= 15 is 0 Å². The van der Waals surface area contributed by atoms with Crippen LogP contribution in [0.1, 0.15) is 69.3 Å². The van der Waals surface area contributed by atoms with E-state index < -0.39 is 10.0 Å². The molecule has 1 saturated carbocycles. The third kappa shape index (κ3) is 3.98. The molecule has 26 heavy (non-hydrogen) atoms. The van der Waals surface area contributed by atoms with Crippen LogP contribution in [0.15, 0.2) is 17.2 Å². The summed E-state index contributed by atoms with van der Waals surface area (Å²) in [5.74, 6) is 0.515. The van der Waals surface area contributed by atoms with E-state index in [-0.39, 0.29) is 16.3 Å². The first-order chi connectivity index (χ1) is 12.2. The molecule has 2 heterocycles. The minimum atomic E-state index is -3.52. The molecule has 0 radical (unpaired) electrons. The summed E-state index contributed by atoms with van der Waals surface area (Å²) >= 11 is 0. The number of hydrogen-bond acceptors (Lipinski definition) is 3. The van der Waals surface area contributed by atoms with Crippen molar-refractivity contribution in [3.05, 3.63) is 18.0 Å². The highest BCUT2D eigenvalue weighted by Gasteiger charge is 2.33. The van der Waals surface area contributed by atoms with E-state index in [9.17, 15) is 13.2 Å². The molecular formula is C19H31N3O3S. The molecule has 1 aliphatic carbocycles. The van der Waals surface area contributed by atoms with Crippen LogP contribution < -0.4 is 5.32 Å². The van der Waals surface area contributed by atoms with Crippen LogP contribution in [0.3, 0.4) is 0 Å². The summed E-state index contributed by atoms with van der Waals surface area (Å²) in [6.45, 7) is 5.46. The van der Waals surface area contributed by atoms with Crippen LogP contribution >= 0.6 is 0 Å². The maximum absolute atomic E-state index is 12.8. The minimum Gasteiger partial charge on any atom is -0.346 e. The highest BCUT2D eigenvalue weighted by atomic mass is 32.2. The summed E-state index contributed by atoms with van der Waals surface area (Å²) in [6.07, 6.45) is 8.58. The van der Waals surface area contributed by atoms with Crippen molar-refractivity contribution in [2.24, 2.45) is 13.0 Å². The lowest BCUT2D eigenvalue weighted by molar-refractivity contribution is 0.0861. The largest absolute Gasteiger partial charge is 0.346 e. The number of sulfonamides is 1. The number of amides is 1. The summed E-state index contributed by atoms with van der Waals surface area (Å²) in [4.78, 5) is 13.0. The number of carbonyl (C=O) groups excluding carboxylic acids is 1. The number of piperidine rings is 1. The van der Waals surface area contributed by atoms with Gasteiger partial charge in [-0.15, -0.1) is 0 Å². The van der Waals surface area contributed by atoms with Crippen molar-refractivity contribution < 1.29 is 13.2 Å². The van der Waals surface area contributed by atoms with Gasteiger partial charge in [0.05, 0.1) is 0 Å². The second-order valence-electron chi connectivity index (χ2n) is 8.33. The molecular weight excluding hydrogens is 350 g/mol. The van der Waals surface area contributed by atoms with Crippen molar-refractivity contribution in [3.8, 4) is 0 Å². The SMILES string of the molecule is CC1CCC(C)(NC(=O)c2cc(S(=O)(=O)N3CCCCC3)cn2C)CC1. The van der Waals surface area contributed by atoms with Crippen LogP contribution in [0, 0.1) is 5.92 Å². The van der Waals surface area contributed by atoms with Crippen molar-refractivity contribution in [3.63, 3.8) is 0 Å². The molecule has 0 spiro atoms. The summed E-state index contributed by atoms with van der Waals surface area (Å²) in [5.41, 5.74) is 0.195. The van der Waals surface area contributed by atoms with Gasteiger partial charge >= 0.3 is 0 Å². The van der Waals surface area contributed by atoms with E-state index in [2.05, 4.69) is 19.2 Å². The summed E-state index contributed by atoms with van der Waals surface area (Å²) in [6, 6.07) is 1.52. The molecule has 1 aromatic heterocycles. The van der Waals surface area contributed by atoms with Crippen LogP contribution in [0.2, 0.25) is 0 Å². The monoisotopic (exact) mass is 381 g/mol. The third-order valence-electron chi connectivity index (χ3n) is 5.96. The number of hydrogen-bond donors (Lipinski definition) is 1. The Bertz CT molecular complexity index is 755. The molecule has 2 fully saturated rings. The van der Waals surface area contributed by atoms with Crippen LogP contribution in [0.4, 0.5) is 0 Å². The van der Waals surface area contributed by atoms with Crippen molar-refractivity contribution in [2.75, 3.05) is 13.1 Å². The summed E-state index contributed by atoms with van der Waals surface area (Å²) < 4.78 is 28.9. The second kappa shape index (κ2) is 7.35. The molecule has 0 atom stereocenters. The van der Waals surface area contributed by atoms with Gasteiger partial charge < -0.3 is 9.88 Å². The predicted molar refractivity (Wildman–Crippen MR) is 102 cm³/mol. The van der Waals surface area contributed by atoms with Gasteiger partial charge in [-0.25, -0.2) is 8.42 Å². The lowest BCUT2D eigenvalue weighted by Crippen LogP contribution is -2.48. The number of aromatic nitrogens is 1. The fourth-order valence-corrected chi connectivity index (χ4v) is 5.61. The molecule has 0 aromatic carbocycles. The molecule has 6 nitrogen and oxygen atoms in total. The topological polar surface area (TPSA) is 71.4 Å².